The van der Waals surface area contributed by atoms with E-state index < -0.39 is 17.6 Å². The van der Waals surface area contributed by atoms with E-state index in [2.05, 4.69) is 0 Å². The molecule has 0 unspecified atom stereocenters. The van der Waals surface area contributed by atoms with Crippen LogP contribution in [0.25, 0.3) is 5.57 Å². The van der Waals surface area contributed by atoms with Gasteiger partial charge in [0.05, 0.1) is 31.6 Å². The number of hydrogen-bond acceptors (Lipinski definition) is 5. The molecule has 4 rings (SSSR count). The van der Waals surface area contributed by atoms with Crippen molar-refractivity contribution in [3.8, 4) is 5.75 Å². The third-order valence-corrected chi connectivity index (χ3v) is 4.85. The van der Waals surface area contributed by atoms with E-state index in [1.165, 1.54) is 31.4 Å². The highest BCUT2D eigenvalue weighted by Gasteiger charge is 2.43. The molecule has 0 spiro atoms. The molecule has 2 aliphatic heterocycles. The Morgan fingerprint density at radius 3 is 2.32 bits per heavy atom. The van der Waals surface area contributed by atoms with Crippen LogP contribution in [0.4, 0.5) is 10.1 Å². The molecule has 2 amide bonds. The lowest BCUT2D eigenvalue weighted by Crippen LogP contribution is -2.40. The average Bonchev–Trinajstić information content (AvgIpc) is 2.99. The Hall–Kier alpha value is -3.19. The molecule has 2 aliphatic rings. The molecule has 2 heterocycles. The van der Waals surface area contributed by atoms with E-state index in [1.807, 2.05) is 4.90 Å². The summed E-state index contributed by atoms with van der Waals surface area (Å²) >= 11 is 0. The summed E-state index contributed by atoms with van der Waals surface area (Å²) in [6.07, 6.45) is 0. The van der Waals surface area contributed by atoms with E-state index >= 15 is 0 Å². The summed E-state index contributed by atoms with van der Waals surface area (Å²) in [6, 6.07) is 12.4. The number of benzene rings is 2. The van der Waals surface area contributed by atoms with Crippen molar-refractivity contribution in [2.75, 3.05) is 38.3 Å². The molecule has 6 nitrogen and oxygen atoms in total. The van der Waals surface area contributed by atoms with E-state index in [9.17, 15) is 14.0 Å². The molecular formula is C21H19FN2O4. The van der Waals surface area contributed by atoms with E-state index in [4.69, 9.17) is 9.47 Å². The van der Waals surface area contributed by atoms with Crippen LogP contribution in [0.1, 0.15) is 5.56 Å². The Morgan fingerprint density at radius 1 is 0.964 bits per heavy atom. The van der Waals surface area contributed by atoms with Crippen LogP contribution in [0.15, 0.2) is 54.2 Å². The van der Waals surface area contributed by atoms with Crippen LogP contribution >= 0.6 is 0 Å². The minimum absolute atomic E-state index is 0.286. The molecule has 2 aromatic rings. The largest absolute Gasteiger partial charge is 0.496 e. The van der Waals surface area contributed by atoms with Crippen LogP contribution in [0.2, 0.25) is 0 Å². The number of morpholine rings is 1. The highest BCUT2D eigenvalue weighted by molar-refractivity contribution is 6.45. The molecule has 0 N–H and O–H groups in total. The van der Waals surface area contributed by atoms with Gasteiger partial charge in [0, 0.05) is 18.7 Å². The number of rotatable bonds is 4. The van der Waals surface area contributed by atoms with Gasteiger partial charge in [-0.15, -0.1) is 0 Å². The Morgan fingerprint density at radius 2 is 1.64 bits per heavy atom. The summed E-state index contributed by atoms with van der Waals surface area (Å²) in [5.74, 6) is -0.818. The number of amides is 2. The van der Waals surface area contributed by atoms with Gasteiger partial charge in [-0.2, -0.15) is 0 Å². The zero-order chi connectivity index (χ0) is 19.7. The van der Waals surface area contributed by atoms with E-state index in [0.717, 1.165) is 4.90 Å². The summed E-state index contributed by atoms with van der Waals surface area (Å²) in [6.45, 7) is 1.95. The van der Waals surface area contributed by atoms with Crippen LogP contribution in [-0.2, 0) is 14.3 Å². The third kappa shape index (κ3) is 3.03. The SMILES string of the molecule is COc1ccccc1C1=C(N2CCOCC2)C(=O)N(c2ccc(F)cc2)C1=O. The lowest BCUT2D eigenvalue weighted by Gasteiger charge is -2.29. The minimum Gasteiger partial charge on any atom is -0.496 e. The predicted molar refractivity (Wildman–Crippen MR) is 101 cm³/mol. The van der Waals surface area contributed by atoms with Gasteiger partial charge in [0.1, 0.15) is 17.3 Å². The highest BCUT2D eigenvalue weighted by Crippen LogP contribution is 2.38. The fraction of sp³-hybridized carbons (Fsp3) is 0.238. The molecule has 0 atom stereocenters. The van der Waals surface area contributed by atoms with Gasteiger partial charge in [-0.1, -0.05) is 18.2 Å². The number of imide groups is 1. The van der Waals surface area contributed by atoms with Crippen LogP contribution < -0.4 is 9.64 Å². The lowest BCUT2D eigenvalue weighted by molar-refractivity contribution is -0.121. The maximum atomic E-state index is 13.4. The number of carbonyl (C=O) groups excluding carboxylic acids is 2. The van der Waals surface area contributed by atoms with Crippen LogP contribution in [0.5, 0.6) is 5.75 Å². The summed E-state index contributed by atoms with van der Waals surface area (Å²) in [7, 11) is 1.52. The van der Waals surface area contributed by atoms with Crippen LogP contribution in [-0.4, -0.2) is 50.1 Å². The molecule has 2 aromatic carbocycles. The summed E-state index contributed by atoms with van der Waals surface area (Å²) < 4.78 is 24.2. The van der Waals surface area contributed by atoms with Crippen molar-refractivity contribution in [2.24, 2.45) is 0 Å². The Bertz CT molecular complexity index is 949. The Kier molecular flexibility index (Phi) is 4.83. The lowest BCUT2D eigenvalue weighted by atomic mass is 10.0. The molecule has 7 heteroatoms. The van der Waals surface area contributed by atoms with Gasteiger partial charge >= 0.3 is 0 Å². The van der Waals surface area contributed by atoms with Crippen molar-refractivity contribution in [3.05, 3.63) is 65.6 Å². The zero-order valence-corrected chi connectivity index (χ0v) is 15.4. The standard InChI is InChI=1S/C21H19FN2O4/c1-27-17-5-3-2-4-16(17)18-19(23-10-12-28-13-11-23)21(26)24(20(18)25)15-8-6-14(22)7-9-15/h2-9H,10-13H2,1H3. The van der Waals surface area contributed by atoms with Gasteiger partial charge in [0.15, 0.2) is 0 Å². The van der Waals surface area contributed by atoms with Gasteiger partial charge in [-0.25, -0.2) is 9.29 Å². The average molecular weight is 382 g/mol. The van der Waals surface area contributed by atoms with Gasteiger partial charge < -0.3 is 14.4 Å². The molecule has 0 bridgehead atoms. The van der Waals surface area contributed by atoms with E-state index in [0.29, 0.717) is 49.0 Å². The molecule has 0 aromatic heterocycles. The Balaban J connectivity index is 1.86. The fourth-order valence-corrected chi connectivity index (χ4v) is 3.52. The molecule has 28 heavy (non-hydrogen) atoms. The molecular weight excluding hydrogens is 363 g/mol. The third-order valence-electron chi connectivity index (χ3n) is 4.85. The molecule has 1 fully saturated rings. The second-order valence-corrected chi connectivity index (χ2v) is 6.45. The summed E-state index contributed by atoms with van der Waals surface area (Å²) in [5.41, 5.74) is 1.48. The molecule has 1 saturated heterocycles. The second kappa shape index (κ2) is 7.44. The van der Waals surface area contributed by atoms with Crippen LogP contribution in [0.3, 0.4) is 0 Å². The number of carbonyl (C=O) groups is 2. The quantitative estimate of drug-likeness (QED) is 0.761. The van der Waals surface area contributed by atoms with Crippen molar-refractivity contribution in [3.63, 3.8) is 0 Å². The number of para-hydroxylation sites is 1. The minimum atomic E-state index is -0.456. The van der Waals surface area contributed by atoms with E-state index in [-0.39, 0.29) is 5.57 Å². The predicted octanol–water partition coefficient (Wildman–Crippen LogP) is 2.45. The number of halogens is 1. The van der Waals surface area contributed by atoms with Crippen molar-refractivity contribution in [2.45, 2.75) is 0 Å². The first kappa shape index (κ1) is 18.2. The number of nitrogens with zero attached hydrogens (tertiary/aromatic N) is 2. The van der Waals surface area contributed by atoms with Crippen LogP contribution in [0, 0.1) is 5.82 Å². The summed E-state index contributed by atoms with van der Waals surface area (Å²) in [5, 5.41) is 0. The first-order valence-electron chi connectivity index (χ1n) is 8.96. The van der Waals surface area contributed by atoms with Crippen molar-refractivity contribution >= 4 is 23.1 Å². The number of ether oxygens (including phenoxy) is 2. The second-order valence-electron chi connectivity index (χ2n) is 6.45. The highest BCUT2D eigenvalue weighted by atomic mass is 19.1. The topological polar surface area (TPSA) is 59.1 Å². The fourth-order valence-electron chi connectivity index (χ4n) is 3.52. The number of anilines is 1. The number of methoxy groups -OCH3 is 1. The zero-order valence-electron chi connectivity index (χ0n) is 15.4. The van der Waals surface area contributed by atoms with Gasteiger partial charge in [0.25, 0.3) is 11.8 Å². The van der Waals surface area contributed by atoms with Crippen molar-refractivity contribution < 1.29 is 23.5 Å². The van der Waals surface area contributed by atoms with Crippen molar-refractivity contribution in [1.29, 1.82) is 0 Å². The molecule has 0 radical (unpaired) electrons. The summed E-state index contributed by atoms with van der Waals surface area (Å²) in [4.78, 5) is 29.6. The van der Waals surface area contributed by atoms with Crippen molar-refractivity contribution in [1.82, 2.24) is 4.90 Å². The smallest absolute Gasteiger partial charge is 0.282 e. The number of hydrogen-bond donors (Lipinski definition) is 0. The Labute approximate surface area is 161 Å². The van der Waals surface area contributed by atoms with Gasteiger partial charge in [-0.3, -0.25) is 9.59 Å². The first-order valence-corrected chi connectivity index (χ1v) is 8.96. The van der Waals surface area contributed by atoms with E-state index in [1.54, 1.807) is 24.3 Å². The van der Waals surface area contributed by atoms with Gasteiger partial charge in [-0.05, 0) is 30.3 Å². The monoisotopic (exact) mass is 382 g/mol. The maximum Gasteiger partial charge on any atom is 0.282 e. The first-order chi connectivity index (χ1) is 13.6. The normalized spacial score (nSPS) is 17.5. The maximum absolute atomic E-state index is 13.4. The molecule has 144 valence electrons. The molecule has 0 saturated carbocycles. The molecule has 0 aliphatic carbocycles. The van der Waals surface area contributed by atoms with Gasteiger partial charge in [0.2, 0.25) is 0 Å².